The Kier molecular flexibility index (Phi) is 6.14. The Bertz CT molecular complexity index is 1180. The number of hydrogen-bond acceptors (Lipinski definition) is 5. The minimum atomic E-state index is -3.81. The number of anilines is 1. The van der Waals surface area contributed by atoms with E-state index in [1.807, 2.05) is 12.1 Å². The maximum absolute atomic E-state index is 12.8. The van der Waals surface area contributed by atoms with Gasteiger partial charge in [0.05, 0.1) is 28.8 Å². The van der Waals surface area contributed by atoms with Gasteiger partial charge in [-0.3, -0.25) is 14.2 Å². The average Bonchev–Trinajstić information content (AvgIpc) is 3.10. The van der Waals surface area contributed by atoms with E-state index in [1.54, 1.807) is 42.2 Å². The van der Waals surface area contributed by atoms with Crippen molar-refractivity contribution in [3.05, 3.63) is 70.1 Å². The highest BCUT2D eigenvalue weighted by Crippen LogP contribution is 2.25. The van der Waals surface area contributed by atoms with E-state index in [1.165, 1.54) is 6.20 Å². The number of nitrogens with zero attached hydrogens (tertiary/aromatic N) is 3. The highest BCUT2D eigenvalue weighted by atomic mass is 79.9. The molecular formula is C21H23BrN4O3S. The van der Waals surface area contributed by atoms with Crippen molar-refractivity contribution < 1.29 is 13.2 Å². The third-order valence-corrected chi connectivity index (χ3v) is 6.64. The molecule has 0 spiro atoms. The summed E-state index contributed by atoms with van der Waals surface area (Å²) in [7, 11) is -2.08. The van der Waals surface area contributed by atoms with Crippen LogP contribution in [0, 0.1) is 0 Å². The Balaban J connectivity index is 1.81. The molecule has 0 aliphatic rings. The van der Waals surface area contributed by atoms with Crippen LogP contribution in [0.25, 0.3) is 0 Å². The number of aromatic nitrogens is 3. The molecule has 1 N–H and O–H groups in total. The molecule has 158 valence electrons. The molecule has 0 atom stereocenters. The van der Waals surface area contributed by atoms with Crippen molar-refractivity contribution in [2.45, 2.75) is 37.5 Å². The van der Waals surface area contributed by atoms with Crippen LogP contribution in [0.5, 0.6) is 0 Å². The van der Waals surface area contributed by atoms with Gasteiger partial charge in [0.15, 0.2) is 5.78 Å². The van der Waals surface area contributed by atoms with Crippen LogP contribution in [0.3, 0.4) is 0 Å². The predicted molar refractivity (Wildman–Crippen MR) is 119 cm³/mol. The topological polar surface area (TPSA) is 94.0 Å². The molecule has 7 nitrogen and oxygen atoms in total. The number of benzene rings is 1. The molecule has 0 saturated carbocycles. The monoisotopic (exact) mass is 490 g/mol. The normalized spacial score (nSPS) is 12.0. The number of ketones is 1. The largest absolute Gasteiger partial charge is 0.294 e. The van der Waals surface area contributed by atoms with E-state index < -0.39 is 10.0 Å². The maximum atomic E-state index is 12.8. The van der Waals surface area contributed by atoms with E-state index >= 15 is 0 Å². The molecule has 30 heavy (non-hydrogen) atoms. The van der Waals surface area contributed by atoms with Crippen molar-refractivity contribution in [1.82, 2.24) is 14.8 Å². The Morgan fingerprint density at radius 1 is 1.13 bits per heavy atom. The van der Waals surface area contributed by atoms with Crippen molar-refractivity contribution >= 4 is 37.6 Å². The fourth-order valence-electron chi connectivity index (χ4n) is 2.82. The number of carbonyl (C=O) groups excluding carboxylic acids is 1. The van der Waals surface area contributed by atoms with Gasteiger partial charge >= 0.3 is 0 Å². The second-order valence-corrected chi connectivity index (χ2v) is 10.5. The molecule has 0 radical (unpaired) electrons. The van der Waals surface area contributed by atoms with E-state index in [0.717, 1.165) is 5.56 Å². The Morgan fingerprint density at radius 3 is 2.37 bits per heavy atom. The number of Topliss-reactive ketones (excluding diaryl/α,β-unsaturated/α-hetero) is 1. The molecule has 0 amide bonds. The zero-order valence-corrected chi connectivity index (χ0v) is 19.6. The van der Waals surface area contributed by atoms with Crippen LogP contribution < -0.4 is 4.72 Å². The van der Waals surface area contributed by atoms with E-state index in [4.69, 9.17) is 0 Å². The number of sulfonamides is 1. The standard InChI is InChI=1S/C21H23BrN4O3S/c1-21(2,3)15-5-7-16(8-6-15)30(28,29)25-20-10-9-17(22)18(24-20)11-19(27)14-12-23-26(4)13-14/h5-10,12-13H,11H2,1-4H3,(H,24,25). The zero-order valence-electron chi connectivity index (χ0n) is 17.2. The summed E-state index contributed by atoms with van der Waals surface area (Å²) < 4.78 is 30.2. The number of nitrogens with one attached hydrogen (secondary N) is 1. The number of hydrogen-bond donors (Lipinski definition) is 1. The quantitative estimate of drug-likeness (QED) is 0.524. The molecule has 9 heteroatoms. The SMILES string of the molecule is Cn1cc(C(=O)Cc2nc(NS(=O)(=O)c3ccc(C(C)(C)C)cc3)ccc2Br)cn1. The van der Waals surface area contributed by atoms with Crippen LogP contribution in [0.15, 0.2) is 58.2 Å². The van der Waals surface area contributed by atoms with Crippen molar-refractivity contribution in [1.29, 1.82) is 0 Å². The highest BCUT2D eigenvalue weighted by molar-refractivity contribution is 9.10. The molecule has 3 rings (SSSR count). The van der Waals surface area contributed by atoms with Crippen LogP contribution in [-0.2, 0) is 28.9 Å². The number of carbonyl (C=O) groups is 1. The second-order valence-electron chi connectivity index (χ2n) is 8.01. The van der Waals surface area contributed by atoms with Gasteiger partial charge in [-0.15, -0.1) is 0 Å². The van der Waals surface area contributed by atoms with E-state index in [2.05, 4.69) is 51.5 Å². The third kappa shape index (κ3) is 5.14. The molecular weight excluding hydrogens is 468 g/mol. The van der Waals surface area contributed by atoms with E-state index in [0.29, 0.717) is 15.7 Å². The lowest BCUT2D eigenvalue weighted by atomic mass is 9.87. The number of rotatable bonds is 6. The van der Waals surface area contributed by atoms with Crippen LogP contribution >= 0.6 is 15.9 Å². The maximum Gasteiger partial charge on any atom is 0.263 e. The molecule has 0 fully saturated rings. The lowest BCUT2D eigenvalue weighted by Crippen LogP contribution is -2.16. The van der Waals surface area contributed by atoms with Gasteiger partial charge in [-0.05, 0) is 51.2 Å². The van der Waals surface area contributed by atoms with Gasteiger partial charge in [-0.1, -0.05) is 32.9 Å². The van der Waals surface area contributed by atoms with Crippen molar-refractivity contribution in [2.24, 2.45) is 7.05 Å². The molecule has 0 unspecified atom stereocenters. The summed E-state index contributed by atoms with van der Waals surface area (Å²) in [6.07, 6.45) is 3.14. The van der Waals surface area contributed by atoms with Gasteiger partial charge in [0.2, 0.25) is 0 Å². The smallest absolute Gasteiger partial charge is 0.263 e. The summed E-state index contributed by atoms with van der Waals surface area (Å²) in [5.74, 6) is -0.0128. The van der Waals surface area contributed by atoms with Crippen LogP contribution in [0.4, 0.5) is 5.82 Å². The Hall–Kier alpha value is -2.52. The second kappa shape index (κ2) is 8.31. The average molecular weight is 491 g/mol. The van der Waals surface area contributed by atoms with Gasteiger partial charge < -0.3 is 0 Å². The van der Waals surface area contributed by atoms with Gasteiger partial charge in [-0.2, -0.15) is 5.10 Å². The first kappa shape index (κ1) is 22.2. The Labute approximate surface area is 184 Å². The van der Waals surface area contributed by atoms with Gasteiger partial charge in [-0.25, -0.2) is 13.4 Å². The third-order valence-electron chi connectivity index (χ3n) is 4.54. The lowest BCUT2D eigenvalue weighted by molar-refractivity contribution is 0.0991. The molecule has 1 aromatic carbocycles. The van der Waals surface area contributed by atoms with Crippen LogP contribution in [0.1, 0.15) is 42.4 Å². The minimum Gasteiger partial charge on any atom is -0.294 e. The van der Waals surface area contributed by atoms with Crippen molar-refractivity contribution in [2.75, 3.05) is 4.72 Å². The molecule has 2 aromatic heterocycles. The summed E-state index contributed by atoms with van der Waals surface area (Å²) >= 11 is 3.37. The minimum absolute atomic E-state index is 0.0160. The first-order chi connectivity index (χ1) is 14.0. The number of aryl methyl sites for hydroxylation is 1. The van der Waals surface area contributed by atoms with Crippen molar-refractivity contribution in [3.8, 4) is 0 Å². The van der Waals surface area contributed by atoms with Crippen LogP contribution in [0.2, 0.25) is 0 Å². The summed E-state index contributed by atoms with van der Waals surface area (Å²) in [6.45, 7) is 6.19. The number of pyridine rings is 1. The van der Waals surface area contributed by atoms with Crippen molar-refractivity contribution in [3.63, 3.8) is 0 Å². The first-order valence-electron chi connectivity index (χ1n) is 9.26. The molecule has 0 aliphatic heterocycles. The summed E-state index contributed by atoms with van der Waals surface area (Å²) in [4.78, 5) is 16.9. The first-order valence-corrected chi connectivity index (χ1v) is 11.5. The molecule has 0 aliphatic carbocycles. The number of halogens is 1. The molecule has 3 aromatic rings. The molecule has 2 heterocycles. The van der Waals surface area contributed by atoms with Gasteiger partial charge in [0, 0.05) is 17.7 Å². The van der Waals surface area contributed by atoms with Gasteiger partial charge in [0.25, 0.3) is 10.0 Å². The van der Waals surface area contributed by atoms with Gasteiger partial charge in [0.1, 0.15) is 5.82 Å². The lowest BCUT2D eigenvalue weighted by Gasteiger charge is -2.19. The molecule has 0 bridgehead atoms. The predicted octanol–water partition coefficient (Wildman–Crippen LogP) is 4.10. The Morgan fingerprint density at radius 2 is 1.80 bits per heavy atom. The summed E-state index contributed by atoms with van der Waals surface area (Å²) in [6, 6.07) is 9.98. The van der Waals surface area contributed by atoms with Crippen LogP contribution in [-0.4, -0.2) is 29.0 Å². The molecule has 0 saturated heterocycles. The fraction of sp³-hybridized carbons (Fsp3) is 0.286. The summed E-state index contributed by atoms with van der Waals surface area (Å²) in [5.41, 5.74) is 1.88. The summed E-state index contributed by atoms with van der Waals surface area (Å²) in [5, 5.41) is 3.99. The van der Waals surface area contributed by atoms with E-state index in [-0.39, 0.29) is 28.3 Å². The van der Waals surface area contributed by atoms with E-state index in [9.17, 15) is 13.2 Å². The highest BCUT2D eigenvalue weighted by Gasteiger charge is 2.19. The zero-order chi connectivity index (χ0) is 22.1. The fourth-order valence-corrected chi connectivity index (χ4v) is 4.18.